The highest BCUT2D eigenvalue weighted by Gasteiger charge is 2.29. The number of para-hydroxylation sites is 2. The molecule has 3 aromatic rings. The van der Waals surface area contributed by atoms with Crippen LogP contribution in [-0.2, 0) is 4.57 Å². The molecule has 3 aromatic carbocycles. The number of rotatable bonds is 6. The van der Waals surface area contributed by atoms with Gasteiger partial charge in [-0.05, 0) is 48.9 Å². The Morgan fingerprint density at radius 3 is 1.79 bits per heavy atom. The Kier molecular flexibility index (Phi) is 4.88. The maximum atomic E-state index is 13.3. The second-order valence-corrected chi connectivity index (χ2v) is 6.87. The average molecular weight is 339 g/mol. The summed E-state index contributed by atoms with van der Waals surface area (Å²) in [5, 5.41) is 2.90. The fraction of sp³-hybridized carbons (Fsp3) is 0.0526. The van der Waals surface area contributed by atoms with Crippen molar-refractivity contribution in [3.63, 3.8) is 0 Å². The van der Waals surface area contributed by atoms with Gasteiger partial charge in [-0.2, -0.15) is 0 Å². The van der Waals surface area contributed by atoms with E-state index < -0.39 is 7.75 Å². The van der Waals surface area contributed by atoms with Gasteiger partial charge in [0.2, 0.25) is 0 Å². The molecule has 4 nitrogen and oxygen atoms in total. The van der Waals surface area contributed by atoms with Crippen LogP contribution in [0.15, 0.2) is 84.9 Å². The third-order valence-corrected chi connectivity index (χ3v) is 4.66. The molecule has 122 valence electrons. The first kappa shape index (κ1) is 16.2. The molecule has 5 heteroatoms. The Hall–Kier alpha value is -2.71. The number of anilines is 1. The molecule has 0 atom stereocenters. The predicted octanol–water partition coefficient (Wildman–Crippen LogP) is 5.67. The second kappa shape index (κ2) is 7.24. The molecule has 1 N–H and O–H groups in total. The molecule has 0 saturated heterocycles. The third kappa shape index (κ3) is 4.40. The quantitative estimate of drug-likeness (QED) is 0.588. The van der Waals surface area contributed by atoms with E-state index in [1.54, 1.807) is 24.3 Å². The molecule has 0 unspecified atom stereocenters. The van der Waals surface area contributed by atoms with Crippen molar-refractivity contribution in [2.75, 3.05) is 5.09 Å². The van der Waals surface area contributed by atoms with Crippen molar-refractivity contribution in [3.8, 4) is 11.5 Å². The zero-order valence-corrected chi connectivity index (χ0v) is 14.1. The lowest BCUT2D eigenvalue weighted by Crippen LogP contribution is -2.09. The van der Waals surface area contributed by atoms with Gasteiger partial charge in [0.05, 0.1) is 0 Å². The van der Waals surface area contributed by atoms with E-state index in [2.05, 4.69) is 5.09 Å². The van der Waals surface area contributed by atoms with Crippen molar-refractivity contribution in [3.05, 3.63) is 90.5 Å². The van der Waals surface area contributed by atoms with Gasteiger partial charge in [0.15, 0.2) is 0 Å². The molecule has 0 heterocycles. The van der Waals surface area contributed by atoms with Gasteiger partial charge in [0.1, 0.15) is 11.5 Å². The zero-order valence-electron chi connectivity index (χ0n) is 13.3. The van der Waals surface area contributed by atoms with Crippen LogP contribution >= 0.6 is 7.75 Å². The summed E-state index contributed by atoms with van der Waals surface area (Å²) in [6.07, 6.45) is 0. The van der Waals surface area contributed by atoms with Crippen molar-refractivity contribution >= 4 is 13.4 Å². The summed E-state index contributed by atoms with van der Waals surface area (Å²) in [7, 11) is -3.65. The lowest BCUT2D eigenvalue weighted by Gasteiger charge is -2.21. The van der Waals surface area contributed by atoms with Gasteiger partial charge >= 0.3 is 7.75 Å². The highest BCUT2D eigenvalue weighted by Crippen LogP contribution is 2.48. The van der Waals surface area contributed by atoms with Crippen LogP contribution in [0.25, 0.3) is 0 Å². The Balaban J connectivity index is 1.89. The zero-order chi connectivity index (χ0) is 16.8. The normalized spacial score (nSPS) is 10.9. The molecule has 0 amide bonds. The first-order valence-corrected chi connectivity index (χ1v) is 9.11. The molecule has 0 radical (unpaired) electrons. The molecule has 0 fully saturated rings. The molecule has 24 heavy (non-hydrogen) atoms. The number of nitrogens with one attached hydrogen (secondary N) is 1. The van der Waals surface area contributed by atoms with Crippen LogP contribution in [0.4, 0.5) is 5.69 Å². The fourth-order valence-electron chi connectivity index (χ4n) is 2.18. The minimum Gasteiger partial charge on any atom is -0.400 e. The molecule has 0 aromatic heterocycles. The highest BCUT2D eigenvalue weighted by atomic mass is 31.2. The van der Waals surface area contributed by atoms with E-state index in [1.165, 1.54) is 0 Å². The predicted molar refractivity (Wildman–Crippen MR) is 96.5 cm³/mol. The molecular formula is C19H18NO3P. The molecule has 0 aliphatic rings. The molecule has 0 aliphatic carbocycles. The van der Waals surface area contributed by atoms with Crippen molar-refractivity contribution in [2.24, 2.45) is 0 Å². The Morgan fingerprint density at radius 1 is 0.750 bits per heavy atom. The molecule has 0 spiro atoms. The van der Waals surface area contributed by atoms with Crippen LogP contribution in [0.3, 0.4) is 0 Å². The van der Waals surface area contributed by atoms with Gasteiger partial charge in [0, 0.05) is 5.69 Å². The van der Waals surface area contributed by atoms with Crippen molar-refractivity contribution in [1.29, 1.82) is 0 Å². The lowest BCUT2D eigenvalue weighted by molar-refractivity contribution is 0.393. The van der Waals surface area contributed by atoms with E-state index in [1.807, 2.05) is 67.6 Å². The first-order valence-electron chi connectivity index (χ1n) is 7.57. The number of hydrogen-bond acceptors (Lipinski definition) is 3. The van der Waals surface area contributed by atoms with E-state index in [-0.39, 0.29) is 0 Å². The van der Waals surface area contributed by atoms with Crippen LogP contribution < -0.4 is 14.1 Å². The first-order chi connectivity index (χ1) is 11.6. The Labute approximate surface area is 141 Å². The van der Waals surface area contributed by atoms with Gasteiger partial charge in [0.25, 0.3) is 0 Å². The van der Waals surface area contributed by atoms with E-state index >= 15 is 0 Å². The van der Waals surface area contributed by atoms with Gasteiger partial charge in [-0.25, -0.2) is 4.57 Å². The Morgan fingerprint density at radius 2 is 1.29 bits per heavy atom. The van der Waals surface area contributed by atoms with Crippen molar-refractivity contribution in [1.82, 2.24) is 0 Å². The smallest absolute Gasteiger partial charge is 0.400 e. The maximum absolute atomic E-state index is 13.3. The number of hydrogen-bond donors (Lipinski definition) is 1. The maximum Gasteiger partial charge on any atom is 0.541 e. The van der Waals surface area contributed by atoms with Crippen LogP contribution in [0.5, 0.6) is 11.5 Å². The molecule has 0 bridgehead atoms. The average Bonchev–Trinajstić information content (AvgIpc) is 2.56. The summed E-state index contributed by atoms with van der Waals surface area (Å²) >= 11 is 0. The molecule has 0 aliphatic heterocycles. The number of benzene rings is 3. The van der Waals surface area contributed by atoms with Crippen molar-refractivity contribution in [2.45, 2.75) is 6.92 Å². The minimum atomic E-state index is -3.65. The van der Waals surface area contributed by atoms with Gasteiger partial charge in [-0.15, -0.1) is 0 Å². The Bertz CT molecular complexity index is 792. The highest BCUT2D eigenvalue weighted by molar-refractivity contribution is 7.56. The fourth-order valence-corrected chi connectivity index (χ4v) is 3.56. The van der Waals surface area contributed by atoms with Gasteiger partial charge < -0.3 is 9.05 Å². The number of aryl methyl sites for hydroxylation is 1. The van der Waals surface area contributed by atoms with Crippen LogP contribution in [0.1, 0.15) is 5.56 Å². The largest absolute Gasteiger partial charge is 0.541 e. The van der Waals surface area contributed by atoms with Gasteiger partial charge in [-0.1, -0.05) is 48.5 Å². The summed E-state index contributed by atoms with van der Waals surface area (Å²) in [5.74, 6) is 0.939. The summed E-state index contributed by atoms with van der Waals surface area (Å²) < 4.78 is 24.6. The summed E-state index contributed by atoms with van der Waals surface area (Å²) in [6, 6.07) is 25.5. The summed E-state index contributed by atoms with van der Waals surface area (Å²) in [4.78, 5) is 0. The second-order valence-electron chi connectivity index (χ2n) is 5.29. The minimum absolute atomic E-state index is 0.469. The molecular weight excluding hydrogens is 321 g/mol. The molecule has 3 rings (SSSR count). The van der Waals surface area contributed by atoms with E-state index in [0.29, 0.717) is 17.2 Å². The lowest BCUT2D eigenvalue weighted by atomic mass is 10.2. The van der Waals surface area contributed by atoms with Crippen LogP contribution in [0.2, 0.25) is 0 Å². The summed E-state index contributed by atoms with van der Waals surface area (Å²) in [5.41, 5.74) is 1.72. The topological polar surface area (TPSA) is 47.6 Å². The SMILES string of the molecule is Cc1cccc(NP(=O)(Oc2ccccc2)Oc2ccccc2)c1. The van der Waals surface area contributed by atoms with E-state index in [0.717, 1.165) is 5.56 Å². The van der Waals surface area contributed by atoms with E-state index in [4.69, 9.17) is 9.05 Å². The van der Waals surface area contributed by atoms with E-state index in [9.17, 15) is 4.57 Å². The standard InChI is InChI=1S/C19H18NO3P/c1-16-9-8-10-17(15-16)20-24(21,22-18-11-4-2-5-12-18)23-19-13-6-3-7-14-19/h2-15H,1H3,(H,20,21). The summed E-state index contributed by atoms with van der Waals surface area (Å²) in [6.45, 7) is 1.96. The molecule has 0 saturated carbocycles. The van der Waals surface area contributed by atoms with Crippen LogP contribution in [0, 0.1) is 6.92 Å². The van der Waals surface area contributed by atoms with Gasteiger partial charge in [-0.3, -0.25) is 5.09 Å². The van der Waals surface area contributed by atoms with Crippen LogP contribution in [-0.4, -0.2) is 0 Å². The third-order valence-electron chi connectivity index (χ3n) is 3.22. The van der Waals surface area contributed by atoms with Crippen molar-refractivity contribution < 1.29 is 13.6 Å². The monoisotopic (exact) mass is 339 g/mol.